The number of aromatic nitrogens is 3. The first-order chi connectivity index (χ1) is 20.7. The highest BCUT2D eigenvalue weighted by molar-refractivity contribution is 7.15. The first-order valence-electron chi connectivity index (χ1n) is 14.0. The number of carbonyl (C=O) groups is 2. The van der Waals surface area contributed by atoms with Crippen molar-refractivity contribution >= 4 is 46.2 Å². The zero-order valence-electron chi connectivity index (χ0n) is 24.2. The average molecular weight is 614 g/mol. The molecule has 0 bridgehead atoms. The van der Waals surface area contributed by atoms with Gasteiger partial charge in [0.2, 0.25) is 11.8 Å². The van der Waals surface area contributed by atoms with Crippen molar-refractivity contribution in [3.8, 4) is 16.8 Å². The number of thiophene rings is 1. The van der Waals surface area contributed by atoms with Crippen LogP contribution in [0.5, 0.6) is 0 Å². The molecule has 1 aliphatic rings. The highest BCUT2D eigenvalue weighted by Gasteiger charge is 2.32. The van der Waals surface area contributed by atoms with Crippen molar-refractivity contribution < 1.29 is 9.59 Å². The number of carbonyl (C=O) groups excluding carboxylic acids is 2. The van der Waals surface area contributed by atoms with Crippen molar-refractivity contribution in [1.82, 2.24) is 20.1 Å². The molecule has 2 amide bonds. The molecule has 11 heteroatoms. The first-order valence-corrected chi connectivity index (χ1v) is 15.2. The smallest absolute Gasteiger partial charge is 0.224 e. The lowest BCUT2D eigenvalue weighted by molar-refractivity contribution is -0.122. The minimum Gasteiger partial charge on any atom is -0.356 e. The van der Waals surface area contributed by atoms with E-state index < -0.39 is 6.04 Å². The molecule has 0 unspecified atom stereocenters. The molecule has 2 aromatic carbocycles. The Bertz CT molecular complexity index is 1740. The number of benzene rings is 2. The molecule has 1 aliphatic heterocycles. The summed E-state index contributed by atoms with van der Waals surface area (Å²) in [5.74, 6) is 6.80. The van der Waals surface area contributed by atoms with Crippen molar-refractivity contribution in [3.05, 3.63) is 92.3 Å². The number of amides is 2. The van der Waals surface area contributed by atoms with E-state index in [4.69, 9.17) is 22.3 Å². The molecule has 9 nitrogen and oxygen atoms in total. The van der Waals surface area contributed by atoms with E-state index >= 15 is 0 Å². The van der Waals surface area contributed by atoms with E-state index in [1.807, 2.05) is 47.9 Å². The van der Waals surface area contributed by atoms with Gasteiger partial charge < -0.3 is 16.4 Å². The lowest BCUT2D eigenvalue weighted by Gasteiger charge is -2.13. The molecule has 1 atom stereocenters. The normalized spacial score (nSPS) is 13.6. The Balaban J connectivity index is 1.26. The summed E-state index contributed by atoms with van der Waals surface area (Å²) in [7, 11) is 0. The zero-order valence-corrected chi connectivity index (χ0v) is 25.8. The molecule has 0 fully saturated rings. The minimum atomic E-state index is -0.549. The summed E-state index contributed by atoms with van der Waals surface area (Å²) in [5.41, 5.74) is 10.8. The van der Waals surface area contributed by atoms with E-state index in [1.165, 1.54) is 4.88 Å². The van der Waals surface area contributed by atoms with Crippen LogP contribution in [0.3, 0.4) is 0 Å². The van der Waals surface area contributed by atoms with Crippen LogP contribution in [0.15, 0.2) is 53.5 Å². The molecular formula is C32H32ClN7O2S. The Kier molecular flexibility index (Phi) is 9.36. The number of halogens is 1. The van der Waals surface area contributed by atoms with Crippen molar-refractivity contribution in [2.24, 2.45) is 10.7 Å². The third-order valence-corrected chi connectivity index (χ3v) is 8.59. The summed E-state index contributed by atoms with van der Waals surface area (Å²) >= 11 is 7.85. The van der Waals surface area contributed by atoms with Crippen LogP contribution in [0.1, 0.15) is 64.1 Å². The Morgan fingerprint density at radius 3 is 2.51 bits per heavy atom. The molecule has 5 rings (SSSR count). The maximum atomic E-state index is 13.1. The van der Waals surface area contributed by atoms with Gasteiger partial charge in [0.1, 0.15) is 16.9 Å². The first kappa shape index (κ1) is 30.2. The molecule has 43 heavy (non-hydrogen) atoms. The third kappa shape index (κ3) is 6.86. The number of fused-ring (bicyclic) bond motifs is 3. The standard InChI is InChI=1S/C32H32ClN7O2S/c1-19-20(2)43-32-29(19)30(23-10-12-24(33)13-11-23)37-26(31-39-38-21(3)40(31)32)18-28(42)35-17-5-7-27(41)36-25-14-8-22(9-15-25)6-4-16-34/h8-15,26H,5,7,16-18,34H2,1-3H3,(H,35,42)(H,36,41)/t26-/m0/s1. The molecule has 4 N–H and O–H groups in total. The Labute approximate surface area is 259 Å². The summed E-state index contributed by atoms with van der Waals surface area (Å²) in [6.45, 7) is 6.74. The number of aliphatic imine (C=N–C) groups is 1. The Morgan fingerprint density at radius 1 is 1.05 bits per heavy atom. The van der Waals surface area contributed by atoms with Crippen LogP contribution in [-0.4, -0.2) is 45.4 Å². The quantitative estimate of drug-likeness (QED) is 0.190. The van der Waals surface area contributed by atoms with Gasteiger partial charge in [0.15, 0.2) is 5.82 Å². The summed E-state index contributed by atoms with van der Waals surface area (Å²) in [6.07, 6.45) is 0.851. The monoisotopic (exact) mass is 613 g/mol. The summed E-state index contributed by atoms with van der Waals surface area (Å²) in [4.78, 5) is 31.9. The van der Waals surface area contributed by atoms with Crippen LogP contribution in [0.2, 0.25) is 5.02 Å². The number of hydrogen-bond donors (Lipinski definition) is 3. The van der Waals surface area contributed by atoms with E-state index in [0.29, 0.717) is 36.0 Å². The van der Waals surface area contributed by atoms with Crippen molar-refractivity contribution in [1.29, 1.82) is 0 Å². The number of aryl methyl sites for hydroxylation is 2. The highest BCUT2D eigenvalue weighted by Crippen LogP contribution is 2.39. The van der Waals surface area contributed by atoms with Crippen LogP contribution >= 0.6 is 22.9 Å². The van der Waals surface area contributed by atoms with Gasteiger partial charge in [0.25, 0.3) is 0 Å². The summed E-state index contributed by atoms with van der Waals surface area (Å²) in [5, 5.41) is 16.2. The van der Waals surface area contributed by atoms with Crippen molar-refractivity contribution in [2.45, 2.75) is 46.1 Å². The van der Waals surface area contributed by atoms with E-state index in [-0.39, 0.29) is 24.7 Å². The lowest BCUT2D eigenvalue weighted by Crippen LogP contribution is -2.27. The van der Waals surface area contributed by atoms with Crippen LogP contribution in [0, 0.1) is 32.6 Å². The molecule has 0 radical (unpaired) electrons. The molecule has 2 aromatic heterocycles. The fourth-order valence-corrected chi connectivity index (χ4v) is 6.21. The molecule has 0 saturated carbocycles. The number of hydrogen-bond acceptors (Lipinski definition) is 7. The van der Waals surface area contributed by atoms with Gasteiger partial charge in [-0.3, -0.25) is 19.1 Å². The number of nitrogens with two attached hydrogens (primary N) is 1. The average Bonchev–Trinajstić information content (AvgIpc) is 3.47. The maximum absolute atomic E-state index is 13.1. The lowest BCUT2D eigenvalue weighted by atomic mass is 9.99. The molecule has 0 spiro atoms. The zero-order chi connectivity index (χ0) is 30.5. The fraction of sp³-hybridized carbons (Fsp3) is 0.281. The van der Waals surface area contributed by atoms with Crippen LogP contribution < -0.4 is 16.4 Å². The van der Waals surface area contributed by atoms with E-state index in [0.717, 1.165) is 38.8 Å². The minimum absolute atomic E-state index is 0.0911. The molecular weight excluding hydrogens is 582 g/mol. The number of anilines is 1. The topological polar surface area (TPSA) is 127 Å². The molecule has 3 heterocycles. The van der Waals surface area contributed by atoms with Gasteiger partial charge in [-0.2, -0.15) is 0 Å². The fourth-order valence-electron chi connectivity index (χ4n) is 4.87. The second-order valence-electron chi connectivity index (χ2n) is 10.2. The van der Waals surface area contributed by atoms with Crippen molar-refractivity contribution in [2.75, 3.05) is 18.4 Å². The largest absolute Gasteiger partial charge is 0.356 e. The number of nitrogens with one attached hydrogen (secondary N) is 2. The predicted octanol–water partition coefficient (Wildman–Crippen LogP) is 5.03. The SMILES string of the molecule is Cc1sc2c(c1C)C(c1ccc(Cl)cc1)=N[C@@H](CC(=O)NCCCC(=O)Nc1ccc(C#CCN)cc1)c1nnc(C)n1-2. The summed E-state index contributed by atoms with van der Waals surface area (Å²) in [6, 6.07) is 14.3. The van der Waals surface area contributed by atoms with Crippen LogP contribution in [-0.2, 0) is 9.59 Å². The molecule has 0 aliphatic carbocycles. The third-order valence-electron chi connectivity index (χ3n) is 7.14. The van der Waals surface area contributed by atoms with Gasteiger partial charge in [-0.1, -0.05) is 35.6 Å². The molecule has 0 saturated heterocycles. The second kappa shape index (κ2) is 13.3. The number of nitrogens with zero attached hydrogens (tertiary/aromatic N) is 4. The molecule has 4 aromatic rings. The number of rotatable bonds is 8. The van der Waals surface area contributed by atoms with Gasteiger partial charge in [-0.05, 0) is 69.2 Å². The van der Waals surface area contributed by atoms with Gasteiger partial charge in [-0.25, -0.2) is 0 Å². The highest BCUT2D eigenvalue weighted by atomic mass is 35.5. The van der Waals surface area contributed by atoms with E-state index in [2.05, 4.69) is 46.5 Å². The van der Waals surface area contributed by atoms with Crippen molar-refractivity contribution in [3.63, 3.8) is 0 Å². The molecule has 220 valence electrons. The van der Waals surface area contributed by atoms with Gasteiger partial charge in [-0.15, -0.1) is 21.5 Å². The van der Waals surface area contributed by atoms with E-state index in [9.17, 15) is 9.59 Å². The van der Waals surface area contributed by atoms with Gasteiger partial charge >= 0.3 is 0 Å². The van der Waals surface area contributed by atoms with E-state index in [1.54, 1.807) is 23.5 Å². The van der Waals surface area contributed by atoms with Gasteiger partial charge in [0.05, 0.1) is 18.7 Å². The van der Waals surface area contributed by atoms with Crippen LogP contribution in [0.25, 0.3) is 5.00 Å². The Morgan fingerprint density at radius 2 is 1.79 bits per heavy atom. The van der Waals surface area contributed by atoms with Gasteiger partial charge in [0, 0.05) is 45.2 Å². The summed E-state index contributed by atoms with van der Waals surface area (Å²) < 4.78 is 2.02. The second-order valence-corrected chi connectivity index (χ2v) is 11.8. The maximum Gasteiger partial charge on any atom is 0.224 e. The van der Waals surface area contributed by atoms with Crippen LogP contribution in [0.4, 0.5) is 5.69 Å². The Hall–Kier alpha value is -4.30. The predicted molar refractivity (Wildman–Crippen MR) is 171 cm³/mol.